The van der Waals surface area contributed by atoms with E-state index in [2.05, 4.69) is 20.6 Å². The molecule has 0 unspecified atom stereocenters. The molecule has 1 saturated carbocycles. The highest BCUT2D eigenvalue weighted by Crippen LogP contribution is 2.36. The highest BCUT2D eigenvalue weighted by atomic mass is 19.4. The average molecular weight is 403 g/mol. The van der Waals surface area contributed by atoms with E-state index >= 15 is 0 Å². The molecule has 1 aliphatic carbocycles. The van der Waals surface area contributed by atoms with Crippen LogP contribution >= 0.6 is 0 Å². The van der Waals surface area contributed by atoms with Crippen LogP contribution < -0.4 is 10.6 Å². The van der Waals surface area contributed by atoms with Crippen molar-refractivity contribution in [3.05, 3.63) is 53.7 Å². The lowest BCUT2D eigenvalue weighted by atomic mass is 9.93. The van der Waals surface area contributed by atoms with Crippen molar-refractivity contribution >= 4 is 23.2 Å². The number of halogens is 3. The van der Waals surface area contributed by atoms with Crippen LogP contribution in [-0.2, 0) is 12.6 Å². The van der Waals surface area contributed by atoms with Gasteiger partial charge in [0.05, 0.1) is 23.1 Å². The number of rotatable bonds is 8. The standard InChI is InChI=1S/C21H24F3N5/c1-2-4-16-9-17(7-8-26-16)27-12-14(11-25)20-19(21(22,23)24)10-18(13-28-20)29-15-5-3-6-15/h7-13,15,25,29H,2-6H2,1H3,(H,26,27)/b14-12+,25-11?. The van der Waals surface area contributed by atoms with Crippen LogP contribution in [0.5, 0.6) is 0 Å². The third-order valence-corrected chi connectivity index (χ3v) is 4.82. The Labute approximate surface area is 168 Å². The van der Waals surface area contributed by atoms with E-state index in [1.807, 2.05) is 13.0 Å². The van der Waals surface area contributed by atoms with E-state index in [1.54, 1.807) is 12.3 Å². The molecule has 0 aliphatic heterocycles. The third kappa shape index (κ3) is 5.34. The van der Waals surface area contributed by atoms with Gasteiger partial charge in [0, 0.05) is 41.6 Å². The Morgan fingerprint density at radius 1 is 1.24 bits per heavy atom. The molecule has 0 radical (unpaired) electrons. The zero-order valence-corrected chi connectivity index (χ0v) is 16.2. The highest BCUT2D eigenvalue weighted by molar-refractivity contribution is 6.08. The molecule has 154 valence electrons. The van der Waals surface area contributed by atoms with Crippen LogP contribution in [0.4, 0.5) is 24.5 Å². The summed E-state index contributed by atoms with van der Waals surface area (Å²) in [5, 5.41) is 13.7. The van der Waals surface area contributed by atoms with Crippen molar-refractivity contribution in [3.63, 3.8) is 0 Å². The number of aromatic nitrogens is 2. The molecule has 1 aliphatic rings. The second-order valence-electron chi connectivity index (χ2n) is 7.06. The first-order valence-corrected chi connectivity index (χ1v) is 9.67. The molecule has 3 rings (SSSR count). The lowest BCUT2D eigenvalue weighted by Gasteiger charge is -2.27. The van der Waals surface area contributed by atoms with Crippen molar-refractivity contribution in [1.29, 1.82) is 5.41 Å². The van der Waals surface area contributed by atoms with Gasteiger partial charge in [-0.05, 0) is 43.9 Å². The summed E-state index contributed by atoms with van der Waals surface area (Å²) in [7, 11) is 0. The summed E-state index contributed by atoms with van der Waals surface area (Å²) in [6, 6.07) is 4.84. The molecule has 0 atom stereocenters. The molecule has 2 heterocycles. The van der Waals surface area contributed by atoms with Gasteiger partial charge in [-0.15, -0.1) is 0 Å². The number of nitrogens with one attached hydrogen (secondary N) is 3. The fourth-order valence-corrected chi connectivity index (χ4v) is 3.08. The van der Waals surface area contributed by atoms with Gasteiger partial charge in [0.1, 0.15) is 0 Å². The van der Waals surface area contributed by atoms with E-state index < -0.39 is 11.7 Å². The van der Waals surface area contributed by atoms with Gasteiger partial charge in [-0.3, -0.25) is 9.97 Å². The van der Waals surface area contributed by atoms with Crippen molar-refractivity contribution in [2.45, 2.75) is 51.2 Å². The Kier molecular flexibility index (Phi) is 6.51. The number of aryl methyl sites for hydroxylation is 1. The lowest BCUT2D eigenvalue weighted by molar-refractivity contribution is -0.138. The summed E-state index contributed by atoms with van der Waals surface area (Å²) in [5.74, 6) is 0. The highest BCUT2D eigenvalue weighted by Gasteiger charge is 2.35. The second kappa shape index (κ2) is 9.07. The molecular formula is C21H24F3N5. The van der Waals surface area contributed by atoms with Crippen LogP contribution in [0.25, 0.3) is 5.57 Å². The summed E-state index contributed by atoms with van der Waals surface area (Å²) in [6.45, 7) is 2.04. The lowest BCUT2D eigenvalue weighted by Crippen LogP contribution is -2.27. The fraction of sp³-hybridized carbons (Fsp3) is 0.381. The monoisotopic (exact) mass is 403 g/mol. The van der Waals surface area contributed by atoms with Gasteiger partial charge in [-0.2, -0.15) is 13.2 Å². The number of pyridine rings is 2. The minimum Gasteiger partial charge on any atom is -0.381 e. The Hall–Kier alpha value is -2.90. The van der Waals surface area contributed by atoms with Crippen LogP contribution in [0.1, 0.15) is 49.6 Å². The van der Waals surface area contributed by atoms with Crippen molar-refractivity contribution in [1.82, 2.24) is 9.97 Å². The first-order valence-electron chi connectivity index (χ1n) is 9.67. The first kappa shape index (κ1) is 20.8. The van der Waals surface area contributed by atoms with E-state index in [0.717, 1.165) is 50.1 Å². The molecule has 0 saturated heterocycles. The van der Waals surface area contributed by atoms with Gasteiger partial charge in [-0.25, -0.2) is 0 Å². The van der Waals surface area contributed by atoms with Crippen molar-refractivity contribution in [3.8, 4) is 0 Å². The third-order valence-electron chi connectivity index (χ3n) is 4.82. The quantitative estimate of drug-likeness (QED) is 0.508. The summed E-state index contributed by atoms with van der Waals surface area (Å²) in [6.07, 6.45) is 5.44. The number of hydrogen-bond acceptors (Lipinski definition) is 5. The van der Waals surface area contributed by atoms with Crippen LogP contribution in [0.3, 0.4) is 0 Å². The Morgan fingerprint density at radius 2 is 2.03 bits per heavy atom. The molecule has 8 heteroatoms. The molecule has 2 aromatic heterocycles. The van der Waals surface area contributed by atoms with Crippen molar-refractivity contribution < 1.29 is 13.2 Å². The van der Waals surface area contributed by atoms with Gasteiger partial charge >= 0.3 is 6.18 Å². The van der Waals surface area contributed by atoms with Crippen LogP contribution in [0.2, 0.25) is 0 Å². The van der Waals surface area contributed by atoms with E-state index in [4.69, 9.17) is 5.41 Å². The minimum atomic E-state index is -4.58. The molecule has 0 spiro atoms. The van der Waals surface area contributed by atoms with E-state index in [1.165, 1.54) is 12.4 Å². The molecule has 1 fully saturated rings. The fourth-order valence-electron chi connectivity index (χ4n) is 3.08. The van der Waals surface area contributed by atoms with E-state index in [9.17, 15) is 13.2 Å². The molecule has 0 aromatic carbocycles. The topological polar surface area (TPSA) is 73.7 Å². The smallest absolute Gasteiger partial charge is 0.381 e. The zero-order chi connectivity index (χ0) is 20.9. The average Bonchev–Trinajstić information content (AvgIpc) is 2.65. The second-order valence-corrected chi connectivity index (χ2v) is 7.06. The molecule has 3 N–H and O–H groups in total. The largest absolute Gasteiger partial charge is 0.418 e. The maximum Gasteiger partial charge on any atom is 0.418 e. The van der Waals surface area contributed by atoms with E-state index in [-0.39, 0.29) is 17.3 Å². The van der Waals surface area contributed by atoms with Gasteiger partial charge in [-0.1, -0.05) is 13.3 Å². The number of anilines is 2. The van der Waals surface area contributed by atoms with Crippen molar-refractivity contribution in [2.24, 2.45) is 0 Å². The van der Waals surface area contributed by atoms with Gasteiger partial charge in [0.25, 0.3) is 0 Å². The number of nitrogens with zero attached hydrogens (tertiary/aromatic N) is 2. The zero-order valence-electron chi connectivity index (χ0n) is 16.2. The van der Waals surface area contributed by atoms with Gasteiger partial charge in [0.15, 0.2) is 0 Å². The maximum absolute atomic E-state index is 13.7. The molecular weight excluding hydrogens is 379 g/mol. The van der Waals surface area contributed by atoms with Crippen LogP contribution in [0, 0.1) is 5.41 Å². The normalized spacial score (nSPS) is 15.0. The first-order chi connectivity index (χ1) is 13.9. The number of allylic oxidation sites excluding steroid dienone is 1. The Morgan fingerprint density at radius 3 is 2.66 bits per heavy atom. The van der Waals surface area contributed by atoms with Crippen molar-refractivity contribution in [2.75, 3.05) is 10.6 Å². The SMILES string of the molecule is CCCc1cc(N/C=C(\C=N)c2ncc(NC3CCC3)cc2C(F)(F)F)ccn1. The minimum absolute atomic E-state index is 0.0429. The van der Waals surface area contributed by atoms with Crippen LogP contribution in [0.15, 0.2) is 36.8 Å². The number of hydrogen-bond donors (Lipinski definition) is 3. The predicted octanol–water partition coefficient (Wildman–Crippen LogP) is 5.51. The molecule has 5 nitrogen and oxygen atoms in total. The maximum atomic E-state index is 13.7. The van der Waals surface area contributed by atoms with E-state index in [0.29, 0.717) is 11.4 Å². The predicted molar refractivity (Wildman–Crippen MR) is 109 cm³/mol. The number of alkyl halides is 3. The Bertz CT molecular complexity index is 888. The summed E-state index contributed by atoms with van der Waals surface area (Å²) < 4.78 is 41.0. The summed E-state index contributed by atoms with van der Waals surface area (Å²) in [4.78, 5) is 8.28. The van der Waals surface area contributed by atoms with Crippen LogP contribution in [-0.4, -0.2) is 22.2 Å². The molecule has 0 bridgehead atoms. The summed E-state index contributed by atoms with van der Waals surface area (Å²) >= 11 is 0. The molecule has 29 heavy (non-hydrogen) atoms. The summed E-state index contributed by atoms with van der Waals surface area (Å²) in [5.41, 5.74) is 0.840. The molecule has 2 aromatic rings. The van der Waals surface area contributed by atoms with Gasteiger partial charge in [0.2, 0.25) is 0 Å². The van der Waals surface area contributed by atoms with Gasteiger partial charge < -0.3 is 16.0 Å². The molecule has 0 amide bonds. The Balaban J connectivity index is 1.88.